The van der Waals surface area contributed by atoms with Crippen molar-refractivity contribution in [1.29, 1.82) is 0 Å². The van der Waals surface area contributed by atoms with Gasteiger partial charge in [0.05, 0.1) is 12.2 Å². The molecule has 0 spiro atoms. The highest BCUT2D eigenvalue weighted by molar-refractivity contribution is 9.09. The van der Waals surface area contributed by atoms with Gasteiger partial charge >= 0.3 is 0 Å². The number of hydrogen-bond acceptors (Lipinski definition) is 1. The van der Waals surface area contributed by atoms with Gasteiger partial charge < -0.3 is 4.74 Å². The molecule has 0 saturated carbocycles. The Bertz CT molecular complexity index is 69.9. The number of alkyl halides is 1. The summed E-state index contributed by atoms with van der Waals surface area (Å²) in [4.78, 5) is 0.677. The van der Waals surface area contributed by atoms with Crippen LogP contribution >= 0.6 is 15.9 Å². The number of ether oxygens (including phenoxy) is 1. The molecule has 1 nitrogen and oxygen atoms in total. The Morgan fingerprint density at radius 2 is 1.67 bits per heavy atom. The number of hydrogen-bond donors (Lipinski definition) is 0. The second-order valence-corrected chi connectivity index (χ2v) is 4.12. The SMILES string of the molecule is CC1CC(Br)C[C@H](C)O1. The average Bonchev–Trinajstić information content (AvgIpc) is 1.59. The molecule has 2 heteroatoms. The van der Waals surface area contributed by atoms with Gasteiger partial charge in [-0.1, -0.05) is 15.9 Å². The summed E-state index contributed by atoms with van der Waals surface area (Å²) >= 11 is 3.59. The Hall–Kier alpha value is 0.440. The van der Waals surface area contributed by atoms with Crippen LogP contribution in [0.5, 0.6) is 0 Å². The molecular weight excluding hydrogens is 180 g/mol. The standard InChI is InChI=1S/C7H13BrO/c1-5-3-7(8)4-6(2)9-5/h5-7H,3-4H2,1-2H3/t5-,6?,7?/m0/s1. The molecule has 2 unspecified atom stereocenters. The highest BCUT2D eigenvalue weighted by atomic mass is 79.9. The first kappa shape index (κ1) is 7.55. The molecule has 9 heavy (non-hydrogen) atoms. The lowest BCUT2D eigenvalue weighted by atomic mass is 10.1. The van der Waals surface area contributed by atoms with Crippen molar-refractivity contribution in [1.82, 2.24) is 0 Å². The van der Waals surface area contributed by atoms with E-state index in [0.717, 1.165) is 12.8 Å². The third kappa shape index (κ3) is 2.26. The Balaban J connectivity index is 2.34. The van der Waals surface area contributed by atoms with Crippen LogP contribution in [0, 0.1) is 0 Å². The Morgan fingerprint density at radius 3 is 2.00 bits per heavy atom. The van der Waals surface area contributed by atoms with Crippen molar-refractivity contribution < 1.29 is 4.74 Å². The summed E-state index contributed by atoms with van der Waals surface area (Å²) in [7, 11) is 0. The van der Waals surface area contributed by atoms with Crippen molar-refractivity contribution in [2.75, 3.05) is 0 Å². The van der Waals surface area contributed by atoms with E-state index in [4.69, 9.17) is 4.74 Å². The minimum Gasteiger partial charge on any atom is -0.375 e. The fourth-order valence-corrected chi connectivity index (χ4v) is 2.38. The first-order valence-electron chi connectivity index (χ1n) is 3.48. The first-order chi connectivity index (χ1) is 4.18. The zero-order chi connectivity index (χ0) is 6.85. The summed E-state index contributed by atoms with van der Waals surface area (Å²) in [5, 5.41) is 0. The Kier molecular flexibility index (Phi) is 2.53. The van der Waals surface area contributed by atoms with Gasteiger partial charge in [-0.05, 0) is 26.7 Å². The van der Waals surface area contributed by atoms with Crippen molar-refractivity contribution in [2.45, 2.75) is 43.7 Å². The highest BCUT2D eigenvalue weighted by Gasteiger charge is 2.21. The van der Waals surface area contributed by atoms with Crippen molar-refractivity contribution >= 4 is 15.9 Å². The number of halogens is 1. The normalized spacial score (nSPS) is 45.0. The van der Waals surface area contributed by atoms with Crippen LogP contribution in [0.25, 0.3) is 0 Å². The van der Waals surface area contributed by atoms with Crippen molar-refractivity contribution in [3.8, 4) is 0 Å². The predicted octanol–water partition coefficient (Wildman–Crippen LogP) is 2.34. The predicted molar refractivity (Wildman–Crippen MR) is 42.0 cm³/mol. The molecule has 54 valence electrons. The van der Waals surface area contributed by atoms with E-state index in [1.807, 2.05) is 0 Å². The van der Waals surface area contributed by atoms with Crippen molar-refractivity contribution in [3.05, 3.63) is 0 Å². The zero-order valence-electron chi connectivity index (χ0n) is 5.93. The molecule has 0 N–H and O–H groups in total. The lowest BCUT2D eigenvalue weighted by Crippen LogP contribution is -2.29. The Labute approximate surface area is 64.9 Å². The summed E-state index contributed by atoms with van der Waals surface area (Å²) in [6, 6.07) is 0. The molecule has 1 fully saturated rings. The molecule has 0 aromatic heterocycles. The largest absolute Gasteiger partial charge is 0.375 e. The molecular formula is C7H13BrO. The van der Waals surface area contributed by atoms with E-state index in [0.29, 0.717) is 17.0 Å². The maximum Gasteiger partial charge on any atom is 0.0561 e. The third-order valence-corrected chi connectivity index (χ3v) is 2.39. The van der Waals surface area contributed by atoms with Gasteiger partial charge in [0.15, 0.2) is 0 Å². The number of rotatable bonds is 0. The fraction of sp³-hybridized carbons (Fsp3) is 1.00. The summed E-state index contributed by atoms with van der Waals surface area (Å²) in [6.45, 7) is 4.26. The molecule has 0 aliphatic carbocycles. The van der Waals surface area contributed by atoms with E-state index in [1.165, 1.54) is 0 Å². The van der Waals surface area contributed by atoms with Gasteiger partial charge in [-0.3, -0.25) is 0 Å². The van der Waals surface area contributed by atoms with Gasteiger partial charge in [0.1, 0.15) is 0 Å². The molecule has 0 aromatic rings. The summed E-state index contributed by atoms with van der Waals surface area (Å²) in [6.07, 6.45) is 3.20. The first-order valence-corrected chi connectivity index (χ1v) is 4.39. The van der Waals surface area contributed by atoms with Crippen LogP contribution in [0.2, 0.25) is 0 Å². The monoisotopic (exact) mass is 192 g/mol. The maximum absolute atomic E-state index is 5.53. The summed E-state index contributed by atoms with van der Waals surface area (Å²) in [5.41, 5.74) is 0. The van der Waals surface area contributed by atoms with Gasteiger partial charge in [-0.2, -0.15) is 0 Å². The minimum absolute atomic E-state index is 0.443. The summed E-state index contributed by atoms with van der Waals surface area (Å²) < 4.78 is 5.53. The van der Waals surface area contributed by atoms with Gasteiger partial charge in [0, 0.05) is 4.83 Å². The smallest absolute Gasteiger partial charge is 0.0561 e. The minimum atomic E-state index is 0.443. The molecule has 1 rings (SSSR count). The lowest BCUT2D eigenvalue weighted by molar-refractivity contribution is -0.0257. The molecule has 0 amide bonds. The van der Waals surface area contributed by atoms with E-state index >= 15 is 0 Å². The van der Waals surface area contributed by atoms with E-state index in [2.05, 4.69) is 29.8 Å². The van der Waals surface area contributed by atoms with E-state index in [1.54, 1.807) is 0 Å². The van der Waals surface area contributed by atoms with E-state index in [9.17, 15) is 0 Å². The van der Waals surface area contributed by atoms with E-state index < -0.39 is 0 Å². The van der Waals surface area contributed by atoms with Gasteiger partial charge in [-0.25, -0.2) is 0 Å². The van der Waals surface area contributed by atoms with Crippen molar-refractivity contribution in [2.24, 2.45) is 0 Å². The van der Waals surface area contributed by atoms with Crippen LogP contribution in [0.4, 0.5) is 0 Å². The molecule has 1 aliphatic rings. The summed E-state index contributed by atoms with van der Waals surface area (Å²) in [5.74, 6) is 0. The second kappa shape index (κ2) is 3.02. The van der Waals surface area contributed by atoms with Crippen molar-refractivity contribution in [3.63, 3.8) is 0 Å². The topological polar surface area (TPSA) is 9.23 Å². The molecule has 1 saturated heterocycles. The van der Waals surface area contributed by atoms with Crippen LogP contribution in [0.15, 0.2) is 0 Å². The van der Waals surface area contributed by atoms with Crippen LogP contribution in [-0.2, 0) is 4.74 Å². The van der Waals surface area contributed by atoms with Gasteiger partial charge in [0.2, 0.25) is 0 Å². The average molecular weight is 193 g/mol. The highest BCUT2D eigenvalue weighted by Crippen LogP contribution is 2.24. The third-order valence-electron chi connectivity index (χ3n) is 1.64. The molecule has 0 aromatic carbocycles. The molecule has 1 heterocycles. The zero-order valence-corrected chi connectivity index (χ0v) is 7.52. The molecule has 0 radical (unpaired) electrons. The molecule has 1 aliphatic heterocycles. The van der Waals surface area contributed by atoms with Gasteiger partial charge in [-0.15, -0.1) is 0 Å². The van der Waals surface area contributed by atoms with Crippen LogP contribution in [0.3, 0.4) is 0 Å². The quantitative estimate of drug-likeness (QED) is 0.536. The fourth-order valence-electron chi connectivity index (χ4n) is 1.32. The van der Waals surface area contributed by atoms with E-state index in [-0.39, 0.29) is 0 Å². The van der Waals surface area contributed by atoms with Crippen LogP contribution in [0.1, 0.15) is 26.7 Å². The van der Waals surface area contributed by atoms with Crippen LogP contribution in [-0.4, -0.2) is 17.0 Å². The second-order valence-electron chi connectivity index (χ2n) is 2.83. The Morgan fingerprint density at radius 1 is 1.22 bits per heavy atom. The molecule has 3 atom stereocenters. The van der Waals surface area contributed by atoms with Gasteiger partial charge in [0.25, 0.3) is 0 Å². The molecule has 0 bridgehead atoms. The van der Waals surface area contributed by atoms with Crippen LogP contribution < -0.4 is 0 Å². The maximum atomic E-state index is 5.53. The lowest BCUT2D eigenvalue weighted by Gasteiger charge is -2.28.